The van der Waals surface area contributed by atoms with Crippen LogP contribution in [-0.4, -0.2) is 17.9 Å². The molecule has 0 aliphatic heterocycles. The van der Waals surface area contributed by atoms with E-state index >= 15 is 0 Å². The van der Waals surface area contributed by atoms with Gasteiger partial charge in [-0.2, -0.15) is 13.2 Å². The van der Waals surface area contributed by atoms with Crippen molar-refractivity contribution >= 4 is 0 Å². The van der Waals surface area contributed by atoms with Crippen LogP contribution in [-0.2, 0) is 0 Å². The van der Waals surface area contributed by atoms with Crippen molar-refractivity contribution in [1.82, 2.24) is 0 Å². The van der Waals surface area contributed by atoms with Crippen LogP contribution in [0.1, 0.15) is 6.42 Å². The quantitative estimate of drug-likeness (QED) is 0.651. The van der Waals surface area contributed by atoms with Gasteiger partial charge in [0.15, 0.2) is 0 Å². The van der Waals surface area contributed by atoms with Crippen molar-refractivity contribution in [2.24, 2.45) is 5.41 Å². The van der Waals surface area contributed by atoms with E-state index in [0.29, 0.717) is 0 Å². The van der Waals surface area contributed by atoms with Gasteiger partial charge in [0.05, 0.1) is 6.61 Å². The van der Waals surface area contributed by atoms with E-state index in [4.69, 9.17) is 5.11 Å². The van der Waals surface area contributed by atoms with Crippen LogP contribution in [0.4, 0.5) is 13.2 Å². The molecule has 0 aromatic carbocycles. The van der Waals surface area contributed by atoms with Crippen LogP contribution in [0.3, 0.4) is 0 Å². The normalized spacial score (nSPS) is 29.3. The Morgan fingerprint density at radius 1 is 1.33 bits per heavy atom. The monoisotopic (exact) mass is 178 g/mol. The van der Waals surface area contributed by atoms with Crippen LogP contribution in [0.15, 0.2) is 24.3 Å². The molecule has 4 heteroatoms. The number of rotatable bonds is 1. The molecule has 1 nitrogen and oxygen atoms in total. The standard InChI is InChI=1S/C8H9F3O/c9-8(10,11)7(6-12)4-2-1-3-5-7/h1-4,12H,5-6H2. The predicted molar refractivity (Wildman–Crippen MR) is 38.5 cm³/mol. The maximum absolute atomic E-state index is 12.4. The molecule has 0 heterocycles. The highest BCUT2D eigenvalue weighted by molar-refractivity contribution is 5.18. The molecule has 0 aromatic heterocycles. The van der Waals surface area contributed by atoms with Gasteiger partial charge in [0.2, 0.25) is 0 Å². The minimum Gasteiger partial charge on any atom is -0.395 e. The van der Waals surface area contributed by atoms with Crippen molar-refractivity contribution in [2.45, 2.75) is 12.6 Å². The maximum atomic E-state index is 12.4. The molecule has 1 aliphatic carbocycles. The van der Waals surface area contributed by atoms with E-state index in [9.17, 15) is 13.2 Å². The van der Waals surface area contributed by atoms with Crippen LogP contribution in [0.5, 0.6) is 0 Å². The molecule has 0 radical (unpaired) electrons. The summed E-state index contributed by atoms with van der Waals surface area (Å²) in [7, 11) is 0. The third-order valence-electron chi connectivity index (χ3n) is 1.99. The molecule has 68 valence electrons. The summed E-state index contributed by atoms with van der Waals surface area (Å²) in [6.45, 7) is -0.892. The first kappa shape index (κ1) is 9.32. The first-order valence-electron chi connectivity index (χ1n) is 3.54. The zero-order valence-corrected chi connectivity index (χ0v) is 6.30. The molecular weight excluding hydrogens is 169 g/mol. The van der Waals surface area contributed by atoms with Crippen molar-refractivity contribution < 1.29 is 18.3 Å². The van der Waals surface area contributed by atoms with Crippen molar-refractivity contribution in [2.75, 3.05) is 6.61 Å². The molecule has 0 saturated carbocycles. The number of aliphatic hydroxyl groups excluding tert-OH is 1. The second-order valence-electron chi connectivity index (χ2n) is 2.80. The summed E-state index contributed by atoms with van der Waals surface area (Å²) in [5.41, 5.74) is -2.05. The Balaban J connectivity index is 2.91. The predicted octanol–water partition coefficient (Wildman–Crippen LogP) is 2.04. The van der Waals surface area contributed by atoms with Crippen LogP contribution >= 0.6 is 0 Å². The number of alkyl halides is 3. The van der Waals surface area contributed by atoms with Gasteiger partial charge >= 0.3 is 6.18 Å². The minimum atomic E-state index is -4.37. The highest BCUT2D eigenvalue weighted by Crippen LogP contribution is 2.43. The van der Waals surface area contributed by atoms with Crippen molar-refractivity contribution in [1.29, 1.82) is 0 Å². The number of aliphatic hydroxyl groups is 1. The Morgan fingerprint density at radius 2 is 2.00 bits per heavy atom. The van der Waals surface area contributed by atoms with Crippen molar-refractivity contribution in [3.63, 3.8) is 0 Å². The van der Waals surface area contributed by atoms with Gasteiger partial charge in [-0.25, -0.2) is 0 Å². The van der Waals surface area contributed by atoms with Gasteiger partial charge in [-0.3, -0.25) is 0 Å². The second-order valence-corrected chi connectivity index (χ2v) is 2.80. The molecule has 0 saturated heterocycles. The summed E-state index contributed by atoms with van der Waals surface area (Å²) in [6.07, 6.45) is 0.718. The van der Waals surface area contributed by atoms with E-state index in [2.05, 4.69) is 0 Å². The second kappa shape index (κ2) is 2.94. The Hall–Kier alpha value is -0.770. The minimum absolute atomic E-state index is 0.177. The van der Waals surface area contributed by atoms with E-state index in [1.165, 1.54) is 12.2 Å². The smallest absolute Gasteiger partial charge is 0.395 e. The van der Waals surface area contributed by atoms with Gasteiger partial charge in [-0.15, -0.1) is 0 Å². The fraction of sp³-hybridized carbons (Fsp3) is 0.500. The number of hydrogen-bond donors (Lipinski definition) is 1. The first-order chi connectivity index (χ1) is 5.52. The van der Waals surface area contributed by atoms with Crippen LogP contribution in [0.2, 0.25) is 0 Å². The molecular formula is C8H9F3O. The average molecular weight is 178 g/mol. The Kier molecular flexibility index (Phi) is 2.28. The van der Waals surface area contributed by atoms with Crippen LogP contribution in [0, 0.1) is 5.41 Å². The highest BCUT2D eigenvalue weighted by Gasteiger charge is 2.52. The Labute approximate surface area is 68.2 Å². The zero-order chi connectivity index (χ0) is 9.24. The van der Waals surface area contributed by atoms with E-state index in [-0.39, 0.29) is 6.42 Å². The Morgan fingerprint density at radius 3 is 2.25 bits per heavy atom. The van der Waals surface area contributed by atoms with Gasteiger partial charge in [0.1, 0.15) is 5.41 Å². The zero-order valence-electron chi connectivity index (χ0n) is 6.30. The fourth-order valence-electron chi connectivity index (χ4n) is 1.08. The lowest BCUT2D eigenvalue weighted by Gasteiger charge is -2.31. The molecule has 0 spiro atoms. The van der Waals surface area contributed by atoms with Crippen LogP contribution < -0.4 is 0 Å². The Bertz CT molecular complexity index is 217. The number of halogens is 3. The summed E-state index contributed by atoms with van der Waals surface area (Å²) in [4.78, 5) is 0. The molecule has 0 fully saturated rings. The molecule has 1 atom stereocenters. The molecule has 0 amide bonds. The summed E-state index contributed by atoms with van der Waals surface area (Å²) in [5.74, 6) is 0. The molecule has 0 aromatic rings. The van der Waals surface area contributed by atoms with E-state index in [1.807, 2.05) is 0 Å². The SMILES string of the molecule is OCC1(C(F)(F)F)C=CC=CC1. The third kappa shape index (κ3) is 1.39. The first-order valence-corrected chi connectivity index (χ1v) is 3.54. The average Bonchev–Trinajstić information content (AvgIpc) is 2.04. The van der Waals surface area contributed by atoms with Gasteiger partial charge in [-0.05, 0) is 6.42 Å². The lowest BCUT2D eigenvalue weighted by molar-refractivity contribution is -0.215. The summed E-state index contributed by atoms with van der Waals surface area (Å²) in [6, 6.07) is 0. The fourth-order valence-corrected chi connectivity index (χ4v) is 1.08. The molecule has 1 rings (SSSR count). The molecule has 1 N–H and O–H groups in total. The highest BCUT2D eigenvalue weighted by atomic mass is 19.4. The lowest BCUT2D eigenvalue weighted by Crippen LogP contribution is -2.39. The molecule has 12 heavy (non-hydrogen) atoms. The summed E-state index contributed by atoms with van der Waals surface area (Å²) in [5, 5.41) is 8.67. The summed E-state index contributed by atoms with van der Waals surface area (Å²) < 4.78 is 37.1. The molecule has 1 unspecified atom stereocenters. The van der Waals surface area contributed by atoms with Gasteiger partial charge in [0, 0.05) is 0 Å². The lowest BCUT2D eigenvalue weighted by atomic mass is 9.82. The summed E-state index contributed by atoms with van der Waals surface area (Å²) >= 11 is 0. The van der Waals surface area contributed by atoms with Gasteiger partial charge in [-0.1, -0.05) is 24.3 Å². The van der Waals surface area contributed by atoms with Crippen molar-refractivity contribution in [3.8, 4) is 0 Å². The number of hydrogen-bond acceptors (Lipinski definition) is 1. The van der Waals surface area contributed by atoms with Gasteiger partial charge in [0.25, 0.3) is 0 Å². The van der Waals surface area contributed by atoms with Crippen molar-refractivity contribution in [3.05, 3.63) is 24.3 Å². The van der Waals surface area contributed by atoms with E-state index in [1.54, 1.807) is 6.08 Å². The van der Waals surface area contributed by atoms with E-state index < -0.39 is 18.2 Å². The number of allylic oxidation sites excluding steroid dienone is 3. The molecule has 1 aliphatic rings. The molecule has 0 bridgehead atoms. The third-order valence-corrected chi connectivity index (χ3v) is 1.99. The van der Waals surface area contributed by atoms with E-state index in [0.717, 1.165) is 6.08 Å². The van der Waals surface area contributed by atoms with Gasteiger partial charge < -0.3 is 5.11 Å². The largest absolute Gasteiger partial charge is 0.400 e. The van der Waals surface area contributed by atoms with Crippen LogP contribution in [0.25, 0.3) is 0 Å². The topological polar surface area (TPSA) is 20.2 Å². The maximum Gasteiger partial charge on any atom is 0.400 e.